The van der Waals surface area contributed by atoms with Gasteiger partial charge < -0.3 is 105 Å². The standard InChI is InChI=1S/C33H40O22/c1-9-20(38)24(42)27(45)31(50-9)49-8-19-23(41)25(43)28(46)32(53-19)52-17-6-12-15(51-29(17)10-2-13(36)21(39)14(37)3-10)4-11(35)5-16(12)54-33(48)30(47)26(44)22(40)18(7-34)55-33/h2-6,9,18-20,22-28,30-32,34,38,40-48H,7-8H2,1H3,(H3-,35,36,37,39)/p+1. The lowest BCUT2D eigenvalue weighted by Gasteiger charge is -2.44. The van der Waals surface area contributed by atoms with Crippen LogP contribution in [0.15, 0.2) is 34.7 Å². The number of phenols is 4. The van der Waals surface area contributed by atoms with Gasteiger partial charge in [-0.05, 0) is 6.92 Å². The Hall–Kier alpha value is -3.95. The van der Waals surface area contributed by atoms with Crippen LogP contribution in [0.1, 0.15) is 6.92 Å². The number of benzene rings is 2. The summed E-state index contributed by atoms with van der Waals surface area (Å²) in [6.45, 7) is -0.215. The highest BCUT2D eigenvalue weighted by Crippen LogP contribution is 2.46. The highest BCUT2D eigenvalue weighted by Gasteiger charge is 2.56. The van der Waals surface area contributed by atoms with E-state index in [0.29, 0.717) is 0 Å². The lowest BCUT2D eigenvalue weighted by Crippen LogP contribution is -2.67. The quantitative estimate of drug-likeness (QED) is 0.0554. The molecule has 4 heterocycles. The van der Waals surface area contributed by atoms with E-state index in [1.54, 1.807) is 0 Å². The summed E-state index contributed by atoms with van der Waals surface area (Å²) in [5.41, 5.74) is -0.524. The summed E-state index contributed by atoms with van der Waals surface area (Å²) in [6, 6.07) is 4.80. The Morgan fingerprint density at radius 2 is 1.31 bits per heavy atom. The second-order valence-electron chi connectivity index (χ2n) is 13.3. The fraction of sp³-hybridized carbons (Fsp3) is 0.545. The number of aliphatic hydroxyl groups excluding tert-OH is 10. The van der Waals surface area contributed by atoms with Gasteiger partial charge in [0.15, 0.2) is 29.6 Å². The molecule has 22 nitrogen and oxygen atoms in total. The van der Waals surface area contributed by atoms with Crippen LogP contribution in [0.4, 0.5) is 0 Å². The zero-order valence-electron chi connectivity index (χ0n) is 28.4. The minimum absolute atomic E-state index is 0.216. The second-order valence-corrected chi connectivity index (χ2v) is 13.3. The minimum atomic E-state index is -3.18. The molecule has 304 valence electrons. The highest BCUT2D eigenvalue weighted by molar-refractivity contribution is 5.89. The van der Waals surface area contributed by atoms with Crippen molar-refractivity contribution in [1.29, 1.82) is 0 Å². The maximum Gasteiger partial charge on any atom is 0.402 e. The Labute approximate surface area is 308 Å². The molecule has 3 aliphatic heterocycles. The molecule has 3 saturated heterocycles. The van der Waals surface area contributed by atoms with Crippen molar-refractivity contribution < 1.29 is 109 Å². The predicted octanol–water partition coefficient (Wildman–Crippen LogP) is -4.27. The molecule has 3 aromatic rings. The first kappa shape index (κ1) is 40.7. The fourth-order valence-electron chi connectivity index (χ4n) is 6.26. The van der Waals surface area contributed by atoms with Crippen LogP contribution in [0.3, 0.4) is 0 Å². The number of aliphatic hydroxyl groups is 11. The van der Waals surface area contributed by atoms with Crippen molar-refractivity contribution >= 4 is 11.0 Å². The van der Waals surface area contributed by atoms with E-state index >= 15 is 0 Å². The zero-order valence-corrected chi connectivity index (χ0v) is 28.4. The molecule has 2 aromatic carbocycles. The van der Waals surface area contributed by atoms with E-state index in [0.717, 1.165) is 30.3 Å². The maximum absolute atomic E-state index is 11.1. The summed E-state index contributed by atoms with van der Waals surface area (Å²) < 4.78 is 39.2. The molecule has 0 saturated carbocycles. The van der Waals surface area contributed by atoms with Crippen LogP contribution in [0.2, 0.25) is 0 Å². The Kier molecular flexibility index (Phi) is 11.5. The van der Waals surface area contributed by atoms with E-state index < -0.39 is 145 Å². The monoisotopic (exact) mass is 789 g/mol. The molecule has 0 bridgehead atoms. The Bertz CT molecular complexity index is 1820. The highest BCUT2D eigenvalue weighted by atomic mass is 16.8. The summed E-state index contributed by atoms with van der Waals surface area (Å²) in [5.74, 6) is -7.85. The Morgan fingerprint density at radius 3 is 1.96 bits per heavy atom. The molecule has 1 aromatic heterocycles. The van der Waals surface area contributed by atoms with Crippen LogP contribution in [0.25, 0.3) is 22.3 Å². The smallest absolute Gasteiger partial charge is 0.402 e. The van der Waals surface area contributed by atoms with Gasteiger partial charge in [0.05, 0.1) is 30.9 Å². The minimum Gasteiger partial charge on any atom is -0.507 e. The van der Waals surface area contributed by atoms with E-state index in [-0.39, 0.29) is 16.5 Å². The third-order valence-corrected chi connectivity index (χ3v) is 9.46. The third-order valence-electron chi connectivity index (χ3n) is 9.46. The van der Waals surface area contributed by atoms with Crippen molar-refractivity contribution in [2.24, 2.45) is 0 Å². The van der Waals surface area contributed by atoms with E-state index in [2.05, 4.69) is 0 Å². The van der Waals surface area contributed by atoms with Crippen molar-refractivity contribution in [2.75, 3.05) is 13.2 Å². The van der Waals surface area contributed by atoms with Gasteiger partial charge in [-0.1, -0.05) is 0 Å². The summed E-state index contributed by atoms with van der Waals surface area (Å²) >= 11 is 0. The molecule has 55 heavy (non-hydrogen) atoms. The van der Waals surface area contributed by atoms with E-state index in [1.165, 1.54) is 6.92 Å². The SMILES string of the molecule is CC1OC(OCC2OC(Oc3cc4c(OC5(O)OC(CO)C(O)C(O)C5O)cc(O)cc4[o+]c3-c3cc(O)c(O)c(O)c3)C(O)C(O)C2O)C(O)C(O)C1O. The van der Waals surface area contributed by atoms with Crippen LogP contribution in [0, 0.1) is 0 Å². The first-order chi connectivity index (χ1) is 25.8. The van der Waals surface area contributed by atoms with Gasteiger partial charge in [-0.2, -0.15) is 0 Å². The number of aromatic hydroxyl groups is 4. The molecule has 0 radical (unpaired) electrons. The predicted molar refractivity (Wildman–Crippen MR) is 174 cm³/mol. The van der Waals surface area contributed by atoms with Crippen LogP contribution >= 0.6 is 0 Å². The lowest BCUT2D eigenvalue weighted by atomic mass is 9.98. The molecule has 15 N–H and O–H groups in total. The summed E-state index contributed by atoms with van der Waals surface area (Å²) in [5, 5.41) is 155. The molecule has 0 spiro atoms. The first-order valence-electron chi connectivity index (χ1n) is 16.7. The molecule has 22 heteroatoms. The van der Waals surface area contributed by atoms with Crippen LogP contribution in [-0.4, -0.2) is 182 Å². The molecule has 0 amide bonds. The average molecular weight is 790 g/mol. The van der Waals surface area contributed by atoms with Crippen molar-refractivity contribution in [2.45, 2.75) is 98.7 Å². The topological polar surface area (TPSA) is 370 Å². The molecule has 0 aliphatic carbocycles. The van der Waals surface area contributed by atoms with Gasteiger partial charge >= 0.3 is 17.3 Å². The maximum atomic E-state index is 11.1. The largest absolute Gasteiger partial charge is 0.507 e. The molecule has 6 rings (SSSR count). The van der Waals surface area contributed by atoms with E-state index in [4.69, 9.17) is 32.8 Å². The molecule has 3 fully saturated rings. The number of hydrogen-bond acceptors (Lipinski definition) is 21. The van der Waals surface area contributed by atoms with Crippen molar-refractivity contribution in [3.63, 3.8) is 0 Å². The Morgan fingerprint density at radius 1 is 0.691 bits per heavy atom. The van der Waals surface area contributed by atoms with Gasteiger partial charge in [-0.3, -0.25) is 0 Å². The summed E-state index contributed by atoms with van der Waals surface area (Å²) in [4.78, 5) is 0. The molecule has 3 aliphatic rings. The number of hydrogen-bond donors (Lipinski definition) is 15. The molecule has 15 unspecified atom stereocenters. The van der Waals surface area contributed by atoms with Crippen LogP contribution in [-0.2, 0) is 18.9 Å². The fourth-order valence-corrected chi connectivity index (χ4v) is 6.26. The number of ether oxygens (including phenoxy) is 6. The molecular formula is C33H41O22+. The van der Waals surface area contributed by atoms with Crippen molar-refractivity contribution in [3.05, 3.63) is 30.3 Å². The van der Waals surface area contributed by atoms with Gasteiger partial charge in [0.1, 0.15) is 77.9 Å². The van der Waals surface area contributed by atoms with Gasteiger partial charge in [-0.25, -0.2) is 4.42 Å². The second kappa shape index (κ2) is 15.5. The number of rotatable bonds is 9. The van der Waals surface area contributed by atoms with Gasteiger partial charge in [0.2, 0.25) is 12.0 Å². The molecule has 15 atom stereocenters. The van der Waals surface area contributed by atoms with Crippen molar-refractivity contribution in [1.82, 2.24) is 0 Å². The first-order valence-corrected chi connectivity index (χ1v) is 16.7. The normalized spacial score (nSPS) is 38.2. The van der Waals surface area contributed by atoms with E-state index in [9.17, 15) is 76.6 Å². The van der Waals surface area contributed by atoms with Gasteiger partial charge in [0, 0.05) is 24.3 Å². The van der Waals surface area contributed by atoms with Crippen molar-refractivity contribution in [3.8, 4) is 45.8 Å². The Balaban J connectivity index is 1.38. The van der Waals surface area contributed by atoms with Gasteiger partial charge in [0.25, 0.3) is 0 Å². The number of phenolic OH excluding ortho intramolecular Hbond substituents is 4. The summed E-state index contributed by atoms with van der Waals surface area (Å²) in [7, 11) is 0. The van der Waals surface area contributed by atoms with E-state index in [1.807, 2.05) is 0 Å². The third kappa shape index (κ3) is 7.63. The van der Waals surface area contributed by atoms with Crippen LogP contribution < -0.4 is 9.47 Å². The van der Waals surface area contributed by atoms with Crippen LogP contribution in [0.5, 0.6) is 34.5 Å². The zero-order chi connectivity index (χ0) is 40.3. The molecular weight excluding hydrogens is 748 g/mol. The van der Waals surface area contributed by atoms with Gasteiger partial charge in [-0.15, -0.1) is 0 Å². The summed E-state index contributed by atoms with van der Waals surface area (Å²) in [6.07, 6.45) is -24.8. The lowest BCUT2D eigenvalue weighted by molar-refractivity contribution is -0.422. The average Bonchev–Trinajstić information content (AvgIpc) is 3.14. The number of fused-ring (bicyclic) bond motifs is 1.